The number of nitrogens with one attached hydrogen (secondary N) is 1. The molecule has 1 heterocycles. The van der Waals surface area contributed by atoms with E-state index in [0.29, 0.717) is 30.4 Å². The van der Waals surface area contributed by atoms with Crippen LogP contribution in [0.2, 0.25) is 0 Å². The highest BCUT2D eigenvalue weighted by Crippen LogP contribution is 2.32. The summed E-state index contributed by atoms with van der Waals surface area (Å²) in [7, 11) is -3.49. The van der Waals surface area contributed by atoms with Crippen LogP contribution in [-0.4, -0.2) is 36.0 Å². The summed E-state index contributed by atoms with van der Waals surface area (Å²) >= 11 is 0. The molecule has 108 valence electrons. The molecular formula is C12H22N4O2S. The number of nitrogens with zero attached hydrogens (tertiary/aromatic N) is 2. The normalized spacial score (nSPS) is 16.2. The zero-order valence-corrected chi connectivity index (χ0v) is 12.3. The number of sulfonamides is 1. The lowest BCUT2D eigenvalue weighted by molar-refractivity contribution is 0.395. The number of hydrogen-bond donors (Lipinski definition) is 2. The molecule has 0 unspecified atom stereocenters. The van der Waals surface area contributed by atoms with Crippen LogP contribution in [0, 0.1) is 12.8 Å². The van der Waals surface area contributed by atoms with E-state index in [4.69, 9.17) is 5.73 Å². The summed E-state index contributed by atoms with van der Waals surface area (Å²) < 4.78 is 27.1. The summed E-state index contributed by atoms with van der Waals surface area (Å²) in [4.78, 5) is 0.268. The summed E-state index contributed by atoms with van der Waals surface area (Å²) in [6, 6.07) is 0. The van der Waals surface area contributed by atoms with E-state index in [1.54, 1.807) is 11.2 Å². The molecular weight excluding hydrogens is 264 g/mol. The highest BCUT2D eigenvalue weighted by atomic mass is 32.2. The lowest BCUT2D eigenvalue weighted by atomic mass is 10.4. The van der Waals surface area contributed by atoms with Gasteiger partial charge in [0.1, 0.15) is 4.90 Å². The van der Waals surface area contributed by atoms with Crippen molar-refractivity contribution in [1.82, 2.24) is 14.5 Å². The van der Waals surface area contributed by atoms with Gasteiger partial charge in [-0.1, -0.05) is 6.92 Å². The SMILES string of the molecule is CCCN(CC1CC1)S(=O)(=O)c1c(CN)n[nH]c1C. The van der Waals surface area contributed by atoms with Crippen molar-refractivity contribution in [2.45, 2.75) is 44.6 Å². The third-order valence-electron chi connectivity index (χ3n) is 3.38. The standard InChI is InChI=1S/C12H22N4O2S/c1-3-6-16(8-10-4-5-10)19(17,18)12-9(2)14-15-11(12)7-13/h10H,3-8,13H2,1-2H3,(H,14,15). The summed E-state index contributed by atoms with van der Waals surface area (Å²) in [5, 5.41) is 6.71. The van der Waals surface area contributed by atoms with Crippen molar-refractivity contribution in [1.29, 1.82) is 0 Å². The third-order valence-corrected chi connectivity index (χ3v) is 5.45. The molecule has 1 aliphatic carbocycles. The van der Waals surface area contributed by atoms with Crippen molar-refractivity contribution in [3.8, 4) is 0 Å². The van der Waals surface area contributed by atoms with Crippen molar-refractivity contribution in [3.63, 3.8) is 0 Å². The molecule has 3 N–H and O–H groups in total. The monoisotopic (exact) mass is 286 g/mol. The molecule has 6 nitrogen and oxygen atoms in total. The van der Waals surface area contributed by atoms with Crippen LogP contribution in [0.1, 0.15) is 37.6 Å². The zero-order chi connectivity index (χ0) is 14.0. The Morgan fingerprint density at radius 3 is 2.68 bits per heavy atom. The van der Waals surface area contributed by atoms with Gasteiger partial charge in [0.05, 0.1) is 11.4 Å². The van der Waals surface area contributed by atoms with Gasteiger partial charge >= 0.3 is 0 Å². The minimum atomic E-state index is -3.49. The van der Waals surface area contributed by atoms with Gasteiger partial charge in [-0.15, -0.1) is 0 Å². The van der Waals surface area contributed by atoms with E-state index in [0.717, 1.165) is 19.3 Å². The van der Waals surface area contributed by atoms with E-state index in [1.165, 1.54) is 0 Å². The van der Waals surface area contributed by atoms with Crippen LogP contribution in [0.4, 0.5) is 0 Å². The number of aromatic nitrogens is 2. The Bertz CT molecular complexity index is 534. The van der Waals surface area contributed by atoms with Crippen molar-refractivity contribution in [2.24, 2.45) is 11.7 Å². The van der Waals surface area contributed by atoms with E-state index in [1.807, 2.05) is 6.92 Å². The van der Waals surface area contributed by atoms with Crippen molar-refractivity contribution in [3.05, 3.63) is 11.4 Å². The first-order valence-corrected chi connectivity index (χ1v) is 8.18. The van der Waals surface area contributed by atoms with Gasteiger partial charge in [0, 0.05) is 19.6 Å². The van der Waals surface area contributed by atoms with E-state index < -0.39 is 10.0 Å². The largest absolute Gasteiger partial charge is 0.325 e. The fourth-order valence-corrected chi connectivity index (χ4v) is 4.17. The predicted octanol–water partition coefficient (Wildman–Crippen LogP) is 0.988. The van der Waals surface area contributed by atoms with Crippen LogP contribution in [0.3, 0.4) is 0 Å². The lowest BCUT2D eigenvalue weighted by Crippen LogP contribution is -2.34. The van der Waals surface area contributed by atoms with Crippen molar-refractivity contribution >= 4 is 10.0 Å². The maximum Gasteiger partial charge on any atom is 0.246 e. The molecule has 1 aromatic heterocycles. The zero-order valence-electron chi connectivity index (χ0n) is 11.5. The molecule has 0 radical (unpaired) electrons. The lowest BCUT2D eigenvalue weighted by Gasteiger charge is -2.21. The number of hydrogen-bond acceptors (Lipinski definition) is 4. The second-order valence-corrected chi connectivity index (χ2v) is 7.01. The van der Waals surface area contributed by atoms with Gasteiger partial charge in [-0.3, -0.25) is 5.10 Å². The fraction of sp³-hybridized carbons (Fsp3) is 0.750. The van der Waals surface area contributed by atoms with Crippen LogP contribution in [-0.2, 0) is 16.6 Å². The molecule has 1 fully saturated rings. The van der Waals surface area contributed by atoms with E-state index in [2.05, 4.69) is 10.2 Å². The molecule has 7 heteroatoms. The number of nitrogens with two attached hydrogens (primary N) is 1. The fourth-order valence-electron chi connectivity index (χ4n) is 2.23. The highest BCUT2D eigenvalue weighted by Gasteiger charge is 2.34. The maximum absolute atomic E-state index is 12.8. The summed E-state index contributed by atoms with van der Waals surface area (Å²) in [5.74, 6) is 0.523. The average Bonchev–Trinajstić information content (AvgIpc) is 3.09. The van der Waals surface area contributed by atoms with Crippen molar-refractivity contribution in [2.75, 3.05) is 13.1 Å². The van der Waals surface area contributed by atoms with Crippen LogP contribution in [0.15, 0.2) is 4.90 Å². The van der Waals surface area contributed by atoms with Crippen LogP contribution < -0.4 is 5.73 Å². The molecule has 0 atom stereocenters. The molecule has 0 aromatic carbocycles. The Balaban J connectivity index is 2.34. The molecule has 1 saturated carbocycles. The molecule has 0 bridgehead atoms. The Hall–Kier alpha value is -0.920. The van der Waals surface area contributed by atoms with Crippen LogP contribution >= 0.6 is 0 Å². The summed E-state index contributed by atoms with van der Waals surface area (Å²) in [5.41, 5.74) is 6.58. The predicted molar refractivity (Wildman–Crippen MR) is 73.0 cm³/mol. The first-order chi connectivity index (χ1) is 9.00. The summed E-state index contributed by atoms with van der Waals surface area (Å²) in [6.45, 7) is 5.00. The van der Waals surface area contributed by atoms with Crippen LogP contribution in [0.5, 0.6) is 0 Å². The number of aryl methyl sites for hydroxylation is 1. The van der Waals surface area contributed by atoms with E-state index in [-0.39, 0.29) is 11.4 Å². The second kappa shape index (κ2) is 5.60. The molecule has 1 aliphatic rings. The first-order valence-electron chi connectivity index (χ1n) is 6.74. The molecule has 19 heavy (non-hydrogen) atoms. The number of aromatic amines is 1. The summed E-state index contributed by atoms with van der Waals surface area (Å²) in [6.07, 6.45) is 3.06. The quantitative estimate of drug-likeness (QED) is 0.781. The van der Waals surface area contributed by atoms with E-state index >= 15 is 0 Å². The number of H-pyrrole nitrogens is 1. The van der Waals surface area contributed by atoms with Gasteiger partial charge in [0.15, 0.2) is 0 Å². The van der Waals surface area contributed by atoms with Gasteiger partial charge in [0.2, 0.25) is 10.0 Å². The van der Waals surface area contributed by atoms with Gasteiger partial charge in [-0.05, 0) is 32.1 Å². The maximum atomic E-state index is 12.8. The molecule has 2 rings (SSSR count). The molecule has 0 saturated heterocycles. The topological polar surface area (TPSA) is 92.1 Å². The average molecular weight is 286 g/mol. The molecule has 0 amide bonds. The van der Waals surface area contributed by atoms with Gasteiger partial charge in [-0.25, -0.2) is 8.42 Å². The Labute approximate surface area is 114 Å². The first kappa shape index (κ1) is 14.5. The van der Waals surface area contributed by atoms with Gasteiger partial charge in [-0.2, -0.15) is 9.40 Å². The van der Waals surface area contributed by atoms with Crippen LogP contribution in [0.25, 0.3) is 0 Å². The molecule has 0 aliphatic heterocycles. The molecule has 0 spiro atoms. The van der Waals surface area contributed by atoms with Gasteiger partial charge < -0.3 is 5.73 Å². The Morgan fingerprint density at radius 2 is 2.16 bits per heavy atom. The minimum absolute atomic E-state index is 0.127. The minimum Gasteiger partial charge on any atom is -0.325 e. The smallest absolute Gasteiger partial charge is 0.246 e. The van der Waals surface area contributed by atoms with Gasteiger partial charge in [0.25, 0.3) is 0 Å². The Kier molecular flexibility index (Phi) is 4.27. The highest BCUT2D eigenvalue weighted by molar-refractivity contribution is 7.89. The second-order valence-electron chi connectivity index (χ2n) is 5.13. The van der Waals surface area contributed by atoms with Crippen molar-refractivity contribution < 1.29 is 8.42 Å². The number of rotatable bonds is 7. The van der Waals surface area contributed by atoms with E-state index in [9.17, 15) is 8.42 Å². The molecule has 1 aromatic rings. The Morgan fingerprint density at radius 1 is 1.47 bits per heavy atom. The third kappa shape index (κ3) is 2.98.